The minimum absolute atomic E-state index is 0.0638. The molecule has 0 fully saturated rings. The van der Waals surface area contributed by atoms with Gasteiger partial charge in [0.25, 0.3) is 0 Å². The molecule has 0 bridgehead atoms. The number of hydrogen-bond acceptors (Lipinski definition) is 5. The van der Waals surface area contributed by atoms with Crippen LogP contribution in [-0.4, -0.2) is 44.8 Å². The van der Waals surface area contributed by atoms with Crippen LogP contribution in [0.5, 0.6) is 0 Å². The van der Waals surface area contributed by atoms with Crippen molar-refractivity contribution in [2.45, 2.75) is 25.9 Å². The van der Waals surface area contributed by atoms with Crippen molar-refractivity contribution in [2.24, 2.45) is 11.7 Å². The van der Waals surface area contributed by atoms with Gasteiger partial charge >= 0.3 is 5.97 Å². The van der Waals surface area contributed by atoms with E-state index in [2.05, 4.69) is 10.1 Å². The lowest BCUT2D eigenvalue weighted by atomic mass is 10.0. The number of ether oxygens (including phenoxy) is 2. The highest BCUT2D eigenvalue weighted by atomic mass is 16.5. The number of nitrogens with one attached hydrogen (secondary N) is 1. The van der Waals surface area contributed by atoms with Crippen LogP contribution in [0.1, 0.15) is 13.8 Å². The molecule has 6 nitrogen and oxygen atoms in total. The number of rotatable bonds is 6. The van der Waals surface area contributed by atoms with Gasteiger partial charge in [-0.15, -0.1) is 0 Å². The number of hydrogen-bond donors (Lipinski definition) is 2. The van der Waals surface area contributed by atoms with Crippen LogP contribution in [0.15, 0.2) is 0 Å². The van der Waals surface area contributed by atoms with E-state index >= 15 is 0 Å². The summed E-state index contributed by atoms with van der Waals surface area (Å²) < 4.78 is 9.34. The monoisotopic (exact) mass is 232 g/mol. The van der Waals surface area contributed by atoms with E-state index in [1.807, 2.05) is 13.8 Å². The second-order valence-corrected chi connectivity index (χ2v) is 3.82. The molecule has 3 N–H and O–H groups in total. The third-order valence-corrected chi connectivity index (χ3v) is 2.10. The van der Waals surface area contributed by atoms with E-state index in [0.29, 0.717) is 0 Å². The smallest absolute Gasteiger partial charge is 0.328 e. The third kappa shape index (κ3) is 4.59. The lowest BCUT2D eigenvalue weighted by Gasteiger charge is -2.21. The van der Waals surface area contributed by atoms with Crippen molar-refractivity contribution in [3.63, 3.8) is 0 Å². The normalized spacial score (nSPS) is 14.4. The molecule has 94 valence electrons. The van der Waals surface area contributed by atoms with Crippen molar-refractivity contribution in [3.05, 3.63) is 0 Å². The Kier molecular flexibility index (Phi) is 6.67. The Labute approximate surface area is 95.5 Å². The van der Waals surface area contributed by atoms with Gasteiger partial charge in [0, 0.05) is 7.11 Å². The number of carbonyl (C=O) groups is 2. The first kappa shape index (κ1) is 14.9. The average Bonchev–Trinajstić information content (AvgIpc) is 2.24. The molecule has 0 aliphatic heterocycles. The van der Waals surface area contributed by atoms with Gasteiger partial charge < -0.3 is 20.5 Å². The van der Waals surface area contributed by atoms with E-state index in [0.717, 1.165) is 0 Å². The van der Waals surface area contributed by atoms with E-state index in [1.54, 1.807) is 0 Å². The van der Waals surface area contributed by atoms with Crippen molar-refractivity contribution in [2.75, 3.05) is 20.8 Å². The summed E-state index contributed by atoms with van der Waals surface area (Å²) in [5.41, 5.74) is 5.53. The molecular formula is C10H20N2O4. The van der Waals surface area contributed by atoms with Crippen LogP contribution in [0, 0.1) is 5.92 Å². The number of amides is 1. The molecule has 0 aliphatic rings. The van der Waals surface area contributed by atoms with Crippen molar-refractivity contribution >= 4 is 11.9 Å². The maximum Gasteiger partial charge on any atom is 0.328 e. The molecule has 2 atom stereocenters. The molecule has 0 aromatic rings. The standard InChI is InChI=1S/C10H20N2O4/c1-6(2)8(10(14)16-4)12-9(13)7(11)5-15-3/h6-8H,5,11H2,1-4H3,(H,12,13). The zero-order chi connectivity index (χ0) is 12.7. The molecular weight excluding hydrogens is 212 g/mol. The number of methoxy groups -OCH3 is 2. The van der Waals surface area contributed by atoms with E-state index in [4.69, 9.17) is 10.5 Å². The minimum Gasteiger partial charge on any atom is -0.467 e. The first-order valence-corrected chi connectivity index (χ1v) is 5.06. The number of nitrogens with two attached hydrogens (primary N) is 1. The Bertz CT molecular complexity index is 243. The number of esters is 1. The van der Waals surface area contributed by atoms with Gasteiger partial charge in [-0.3, -0.25) is 4.79 Å². The Morgan fingerprint density at radius 1 is 1.31 bits per heavy atom. The van der Waals surface area contributed by atoms with Crippen LogP contribution in [0.4, 0.5) is 0 Å². The Hall–Kier alpha value is -1.14. The maximum atomic E-state index is 11.5. The predicted octanol–water partition coefficient (Wildman–Crippen LogP) is -0.726. The quantitative estimate of drug-likeness (QED) is 0.589. The zero-order valence-electron chi connectivity index (χ0n) is 10.1. The van der Waals surface area contributed by atoms with Crippen LogP contribution >= 0.6 is 0 Å². The predicted molar refractivity (Wildman–Crippen MR) is 58.6 cm³/mol. The van der Waals surface area contributed by atoms with Gasteiger partial charge in [0.05, 0.1) is 13.7 Å². The van der Waals surface area contributed by atoms with Crippen molar-refractivity contribution in [1.82, 2.24) is 5.32 Å². The van der Waals surface area contributed by atoms with Crippen LogP contribution in [0.3, 0.4) is 0 Å². The molecule has 0 aromatic heterocycles. The molecule has 0 spiro atoms. The highest BCUT2D eigenvalue weighted by Gasteiger charge is 2.26. The van der Waals surface area contributed by atoms with E-state index in [-0.39, 0.29) is 12.5 Å². The van der Waals surface area contributed by atoms with Gasteiger partial charge in [0.2, 0.25) is 5.91 Å². The van der Waals surface area contributed by atoms with Crippen molar-refractivity contribution in [3.8, 4) is 0 Å². The molecule has 2 unspecified atom stereocenters. The second kappa shape index (κ2) is 7.19. The first-order valence-electron chi connectivity index (χ1n) is 5.06. The summed E-state index contributed by atoms with van der Waals surface area (Å²) in [6, 6.07) is -1.46. The van der Waals surface area contributed by atoms with Crippen LogP contribution in [-0.2, 0) is 19.1 Å². The highest BCUT2D eigenvalue weighted by molar-refractivity contribution is 5.87. The molecule has 0 saturated carbocycles. The van der Waals surface area contributed by atoms with Gasteiger partial charge in [0.1, 0.15) is 12.1 Å². The van der Waals surface area contributed by atoms with Crippen LogP contribution < -0.4 is 11.1 Å². The summed E-state index contributed by atoms with van der Waals surface area (Å²) >= 11 is 0. The highest BCUT2D eigenvalue weighted by Crippen LogP contribution is 2.03. The average molecular weight is 232 g/mol. The summed E-state index contributed by atoms with van der Waals surface area (Å²) in [4.78, 5) is 22.9. The summed E-state index contributed by atoms with van der Waals surface area (Å²) in [5.74, 6) is -0.968. The fourth-order valence-corrected chi connectivity index (χ4v) is 1.14. The van der Waals surface area contributed by atoms with Crippen molar-refractivity contribution < 1.29 is 19.1 Å². The van der Waals surface area contributed by atoms with E-state index < -0.39 is 24.0 Å². The van der Waals surface area contributed by atoms with Gasteiger partial charge in [-0.05, 0) is 5.92 Å². The van der Waals surface area contributed by atoms with E-state index in [1.165, 1.54) is 14.2 Å². The Morgan fingerprint density at radius 3 is 2.25 bits per heavy atom. The molecule has 6 heteroatoms. The third-order valence-electron chi connectivity index (χ3n) is 2.10. The molecule has 16 heavy (non-hydrogen) atoms. The van der Waals surface area contributed by atoms with Gasteiger partial charge in [-0.1, -0.05) is 13.8 Å². The molecule has 0 aromatic carbocycles. The maximum absolute atomic E-state index is 11.5. The Morgan fingerprint density at radius 2 is 1.88 bits per heavy atom. The molecule has 0 heterocycles. The second-order valence-electron chi connectivity index (χ2n) is 3.82. The molecule has 1 amide bonds. The SMILES string of the molecule is COCC(N)C(=O)NC(C(=O)OC)C(C)C. The topological polar surface area (TPSA) is 90.6 Å². The summed E-state index contributed by atoms with van der Waals surface area (Å²) in [5, 5.41) is 2.53. The van der Waals surface area contributed by atoms with Gasteiger partial charge in [0.15, 0.2) is 0 Å². The molecule has 0 rings (SSSR count). The lowest BCUT2D eigenvalue weighted by molar-refractivity contribution is -0.146. The summed E-state index contributed by atoms with van der Waals surface area (Å²) in [6.45, 7) is 3.73. The Balaban J connectivity index is 4.40. The lowest BCUT2D eigenvalue weighted by Crippen LogP contribution is -2.52. The van der Waals surface area contributed by atoms with Gasteiger partial charge in [-0.25, -0.2) is 4.79 Å². The van der Waals surface area contributed by atoms with Crippen LogP contribution in [0.2, 0.25) is 0 Å². The van der Waals surface area contributed by atoms with Gasteiger partial charge in [-0.2, -0.15) is 0 Å². The molecule has 0 saturated heterocycles. The molecule has 0 radical (unpaired) electrons. The first-order chi connectivity index (χ1) is 7.43. The number of carbonyl (C=O) groups excluding carboxylic acids is 2. The van der Waals surface area contributed by atoms with Crippen LogP contribution in [0.25, 0.3) is 0 Å². The zero-order valence-corrected chi connectivity index (χ0v) is 10.1. The summed E-state index contributed by atoms with van der Waals surface area (Å²) in [6.07, 6.45) is 0. The molecule has 0 aliphatic carbocycles. The van der Waals surface area contributed by atoms with E-state index in [9.17, 15) is 9.59 Å². The fraction of sp³-hybridized carbons (Fsp3) is 0.800. The largest absolute Gasteiger partial charge is 0.467 e. The van der Waals surface area contributed by atoms with Crippen molar-refractivity contribution in [1.29, 1.82) is 0 Å². The fourth-order valence-electron chi connectivity index (χ4n) is 1.14. The minimum atomic E-state index is -0.782. The summed E-state index contributed by atoms with van der Waals surface area (Å²) in [7, 11) is 2.73.